The zero-order chi connectivity index (χ0) is 15.1. The van der Waals surface area contributed by atoms with Crippen LogP contribution in [0.3, 0.4) is 0 Å². The maximum Gasteiger partial charge on any atom is 0.327 e. The fraction of sp³-hybridized carbons (Fsp3) is 0.857. The average Bonchev–Trinajstić information content (AvgIpc) is 3.19. The van der Waals surface area contributed by atoms with Gasteiger partial charge in [-0.05, 0) is 31.1 Å². The van der Waals surface area contributed by atoms with E-state index < -0.39 is 12.0 Å². The molecule has 2 N–H and O–H groups in total. The largest absolute Gasteiger partial charge is 0.480 e. The molecule has 3 rings (SSSR count). The van der Waals surface area contributed by atoms with Gasteiger partial charge >= 0.3 is 12.0 Å². The predicted molar refractivity (Wildman–Crippen MR) is 79.0 cm³/mol. The van der Waals surface area contributed by atoms with Gasteiger partial charge in [-0.1, -0.05) is 6.92 Å². The summed E-state index contributed by atoms with van der Waals surface area (Å²) in [5, 5.41) is 19.2. The van der Waals surface area contributed by atoms with Crippen LogP contribution < -0.4 is 0 Å². The minimum Gasteiger partial charge on any atom is -0.480 e. The molecule has 0 aromatic heterocycles. The van der Waals surface area contributed by atoms with Gasteiger partial charge in [0.05, 0.1) is 11.5 Å². The highest BCUT2D eigenvalue weighted by Crippen LogP contribution is 2.45. The first-order valence-corrected chi connectivity index (χ1v) is 8.63. The number of aliphatic hydroxyl groups excluding tert-OH is 1. The van der Waals surface area contributed by atoms with E-state index in [2.05, 4.69) is 0 Å². The molecule has 4 atom stereocenters. The zero-order valence-electron chi connectivity index (χ0n) is 12.1. The highest BCUT2D eigenvalue weighted by atomic mass is 32.2. The van der Waals surface area contributed by atoms with Crippen molar-refractivity contribution in [2.45, 2.75) is 43.7 Å². The number of amides is 2. The van der Waals surface area contributed by atoms with Crippen LogP contribution in [0.25, 0.3) is 0 Å². The number of hydrogen-bond donors (Lipinski definition) is 2. The smallest absolute Gasteiger partial charge is 0.327 e. The number of urea groups is 1. The van der Waals surface area contributed by atoms with Crippen LogP contribution in [0.1, 0.15) is 26.2 Å². The van der Waals surface area contributed by atoms with Crippen LogP contribution in [-0.2, 0) is 4.79 Å². The molecule has 3 aliphatic rings. The highest BCUT2D eigenvalue weighted by Gasteiger charge is 2.49. The molecule has 7 heteroatoms. The molecular formula is C14H22N2O4S. The molecule has 2 saturated heterocycles. The van der Waals surface area contributed by atoms with Crippen LogP contribution in [0, 0.1) is 11.8 Å². The monoisotopic (exact) mass is 314 g/mol. The fourth-order valence-corrected chi connectivity index (χ4v) is 4.80. The number of thioether (sulfide) groups is 1. The summed E-state index contributed by atoms with van der Waals surface area (Å²) in [5.74, 6) is 0.0645. The summed E-state index contributed by atoms with van der Waals surface area (Å²) in [4.78, 5) is 27.6. The number of rotatable bonds is 2. The number of likely N-dealkylation sites (tertiary alicyclic amines) is 1. The van der Waals surface area contributed by atoms with E-state index in [4.69, 9.17) is 0 Å². The summed E-state index contributed by atoms with van der Waals surface area (Å²) in [7, 11) is 0. The normalized spacial score (nSPS) is 36.9. The molecule has 2 heterocycles. The number of piperidine rings is 1. The Bertz CT molecular complexity index is 443. The van der Waals surface area contributed by atoms with Gasteiger partial charge in [0.15, 0.2) is 0 Å². The Balaban J connectivity index is 1.75. The molecule has 6 nitrogen and oxygen atoms in total. The van der Waals surface area contributed by atoms with Gasteiger partial charge in [-0.3, -0.25) is 4.90 Å². The topological polar surface area (TPSA) is 81.1 Å². The van der Waals surface area contributed by atoms with Crippen molar-refractivity contribution in [2.75, 3.05) is 18.8 Å². The second kappa shape index (κ2) is 5.68. The summed E-state index contributed by atoms with van der Waals surface area (Å²) < 4.78 is 0. The Hall–Kier alpha value is -0.950. The van der Waals surface area contributed by atoms with E-state index >= 15 is 0 Å². The number of carboxylic acids is 1. The van der Waals surface area contributed by atoms with E-state index in [9.17, 15) is 19.8 Å². The molecule has 4 unspecified atom stereocenters. The lowest BCUT2D eigenvalue weighted by molar-refractivity contribution is -0.141. The summed E-state index contributed by atoms with van der Waals surface area (Å²) in [6, 6.07) is -0.877. The first-order chi connectivity index (χ1) is 9.99. The number of hydrogen-bond acceptors (Lipinski definition) is 4. The summed E-state index contributed by atoms with van der Waals surface area (Å²) in [6.07, 6.45) is 2.38. The molecule has 0 spiro atoms. The van der Waals surface area contributed by atoms with Gasteiger partial charge in [0.2, 0.25) is 0 Å². The van der Waals surface area contributed by atoms with E-state index in [1.54, 1.807) is 21.6 Å². The number of carbonyl (C=O) groups is 2. The molecule has 3 fully saturated rings. The standard InChI is InChI=1S/C14H22N2O4S/c1-8-6-15(5-4-11(8)17)14(20)16-10(13(18)19)7-21-12(16)9-2-3-9/h8-12,17H,2-7H2,1H3,(H,18,19). The maximum absolute atomic E-state index is 12.8. The van der Waals surface area contributed by atoms with Crippen molar-refractivity contribution in [1.82, 2.24) is 9.80 Å². The van der Waals surface area contributed by atoms with Gasteiger partial charge < -0.3 is 15.1 Å². The molecule has 0 bridgehead atoms. The second-order valence-corrected chi connectivity index (χ2v) is 7.53. The van der Waals surface area contributed by atoms with Crippen molar-refractivity contribution in [1.29, 1.82) is 0 Å². The predicted octanol–water partition coefficient (Wildman–Crippen LogP) is 1.05. The summed E-state index contributed by atoms with van der Waals surface area (Å²) >= 11 is 1.60. The number of nitrogens with zero attached hydrogens (tertiary/aromatic N) is 2. The minimum absolute atomic E-state index is 0.0146. The van der Waals surface area contributed by atoms with Crippen molar-refractivity contribution < 1.29 is 19.8 Å². The van der Waals surface area contributed by atoms with E-state index in [1.165, 1.54) is 0 Å². The number of carbonyl (C=O) groups excluding carboxylic acids is 1. The third kappa shape index (κ3) is 2.85. The molecular weight excluding hydrogens is 292 g/mol. The van der Waals surface area contributed by atoms with Crippen LogP contribution in [0.2, 0.25) is 0 Å². The molecule has 0 radical (unpaired) electrons. The summed E-state index contributed by atoms with van der Waals surface area (Å²) in [5.41, 5.74) is 0. The van der Waals surface area contributed by atoms with E-state index in [0.717, 1.165) is 12.8 Å². The van der Waals surface area contributed by atoms with Crippen molar-refractivity contribution in [2.24, 2.45) is 11.8 Å². The van der Waals surface area contributed by atoms with Crippen LogP contribution in [0.5, 0.6) is 0 Å². The molecule has 21 heavy (non-hydrogen) atoms. The number of carboxylic acid groups (broad SMARTS) is 1. The van der Waals surface area contributed by atoms with Crippen LogP contribution >= 0.6 is 11.8 Å². The molecule has 2 amide bonds. The van der Waals surface area contributed by atoms with Gasteiger partial charge in [-0.2, -0.15) is 0 Å². The fourth-order valence-electron chi connectivity index (χ4n) is 3.17. The molecule has 0 aromatic rings. The lowest BCUT2D eigenvalue weighted by Gasteiger charge is -2.39. The van der Waals surface area contributed by atoms with Crippen LogP contribution in [0.15, 0.2) is 0 Å². The van der Waals surface area contributed by atoms with Gasteiger partial charge in [-0.15, -0.1) is 11.8 Å². The molecule has 1 saturated carbocycles. The van der Waals surface area contributed by atoms with Gasteiger partial charge in [0.1, 0.15) is 6.04 Å². The Kier molecular flexibility index (Phi) is 4.05. The number of aliphatic carboxylic acids is 1. The average molecular weight is 314 g/mol. The Morgan fingerprint density at radius 1 is 1.24 bits per heavy atom. The van der Waals surface area contributed by atoms with Crippen LogP contribution in [0.4, 0.5) is 4.79 Å². The van der Waals surface area contributed by atoms with Crippen molar-refractivity contribution in [3.05, 3.63) is 0 Å². The quantitative estimate of drug-likeness (QED) is 0.796. The Labute approximate surface area is 128 Å². The van der Waals surface area contributed by atoms with Gasteiger partial charge in [-0.25, -0.2) is 9.59 Å². The van der Waals surface area contributed by atoms with Gasteiger partial charge in [0.25, 0.3) is 0 Å². The van der Waals surface area contributed by atoms with E-state index in [0.29, 0.717) is 31.2 Å². The lowest BCUT2D eigenvalue weighted by Crippen LogP contribution is -2.55. The van der Waals surface area contributed by atoms with Crippen molar-refractivity contribution >= 4 is 23.8 Å². The minimum atomic E-state index is -0.913. The first kappa shape index (κ1) is 15.0. The maximum atomic E-state index is 12.8. The van der Waals surface area contributed by atoms with Crippen molar-refractivity contribution in [3.63, 3.8) is 0 Å². The SMILES string of the molecule is CC1CN(C(=O)N2C(C(=O)O)CSC2C2CC2)CCC1O. The highest BCUT2D eigenvalue weighted by molar-refractivity contribution is 8.00. The van der Waals surface area contributed by atoms with Gasteiger partial charge in [0, 0.05) is 18.8 Å². The van der Waals surface area contributed by atoms with E-state index in [1.807, 2.05) is 6.92 Å². The molecule has 0 aromatic carbocycles. The number of aliphatic hydroxyl groups is 1. The molecule has 1 aliphatic carbocycles. The summed E-state index contributed by atoms with van der Waals surface area (Å²) in [6.45, 7) is 2.94. The third-order valence-electron chi connectivity index (χ3n) is 4.70. The lowest BCUT2D eigenvalue weighted by atomic mass is 9.97. The van der Waals surface area contributed by atoms with Crippen molar-refractivity contribution in [3.8, 4) is 0 Å². The Morgan fingerprint density at radius 3 is 2.52 bits per heavy atom. The van der Waals surface area contributed by atoms with E-state index in [-0.39, 0.29) is 23.4 Å². The Morgan fingerprint density at radius 2 is 1.95 bits per heavy atom. The second-order valence-electron chi connectivity index (χ2n) is 6.38. The molecule has 2 aliphatic heterocycles. The third-order valence-corrected chi connectivity index (χ3v) is 6.16. The molecule has 118 valence electrons. The zero-order valence-corrected chi connectivity index (χ0v) is 13.0. The first-order valence-electron chi connectivity index (χ1n) is 7.58. The van der Waals surface area contributed by atoms with Crippen LogP contribution in [-0.4, -0.2) is 68.4 Å².